The topological polar surface area (TPSA) is 49.0 Å². The van der Waals surface area contributed by atoms with Gasteiger partial charge in [0.1, 0.15) is 0 Å². The van der Waals surface area contributed by atoms with Crippen LogP contribution < -0.4 is 24.3 Å². The van der Waals surface area contributed by atoms with Gasteiger partial charge in [-0.2, -0.15) is 0 Å². The first-order valence-corrected chi connectivity index (χ1v) is 7.58. The van der Waals surface area contributed by atoms with Gasteiger partial charge in [-0.1, -0.05) is 17.7 Å². The van der Waals surface area contributed by atoms with Crippen molar-refractivity contribution in [1.82, 2.24) is 5.32 Å². The third-order valence-electron chi connectivity index (χ3n) is 3.63. The minimum atomic E-state index is 0.285. The van der Waals surface area contributed by atoms with Crippen molar-refractivity contribution in [2.75, 3.05) is 21.0 Å². The number of ether oxygens (including phenoxy) is 4. The number of nitrogens with one attached hydrogen (secondary N) is 1. The van der Waals surface area contributed by atoms with Gasteiger partial charge in [0.15, 0.2) is 23.0 Å². The van der Waals surface area contributed by atoms with Crippen molar-refractivity contribution in [3.05, 3.63) is 46.5 Å². The smallest absolute Gasteiger partial charge is 0.231 e. The average molecular weight is 336 g/mol. The number of hydrogen-bond acceptors (Lipinski definition) is 5. The molecule has 1 aliphatic rings. The number of fused-ring (bicyclic) bond motifs is 1. The number of hydrogen-bond donors (Lipinski definition) is 1. The monoisotopic (exact) mass is 335 g/mol. The molecule has 2 aromatic carbocycles. The van der Waals surface area contributed by atoms with Crippen LogP contribution in [0, 0.1) is 0 Å². The highest BCUT2D eigenvalue weighted by atomic mass is 35.5. The SMILES string of the molecule is COc1cc(Cl)c(CNCc2ccc3c(c2)OCO3)cc1OC. The van der Waals surface area contributed by atoms with E-state index >= 15 is 0 Å². The van der Waals surface area contributed by atoms with E-state index in [2.05, 4.69) is 5.32 Å². The van der Waals surface area contributed by atoms with Gasteiger partial charge in [-0.3, -0.25) is 0 Å². The van der Waals surface area contributed by atoms with E-state index in [4.69, 9.17) is 30.5 Å². The Morgan fingerprint density at radius 1 is 1.00 bits per heavy atom. The highest BCUT2D eigenvalue weighted by Gasteiger charge is 2.13. The molecule has 0 aromatic heterocycles. The number of halogens is 1. The lowest BCUT2D eigenvalue weighted by Gasteiger charge is -2.12. The normalized spacial score (nSPS) is 12.3. The minimum Gasteiger partial charge on any atom is -0.493 e. The molecule has 122 valence electrons. The molecule has 0 saturated heterocycles. The summed E-state index contributed by atoms with van der Waals surface area (Å²) >= 11 is 6.28. The van der Waals surface area contributed by atoms with Gasteiger partial charge in [0, 0.05) is 24.2 Å². The fourth-order valence-corrected chi connectivity index (χ4v) is 2.64. The molecule has 1 heterocycles. The third-order valence-corrected chi connectivity index (χ3v) is 3.99. The lowest BCUT2D eigenvalue weighted by atomic mass is 10.1. The molecule has 3 rings (SSSR count). The Kier molecular flexibility index (Phi) is 4.79. The zero-order valence-corrected chi connectivity index (χ0v) is 13.8. The summed E-state index contributed by atoms with van der Waals surface area (Å²) < 4.78 is 21.2. The molecule has 0 fully saturated rings. The number of benzene rings is 2. The fraction of sp³-hybridized carbons (Fsp3) is 0.294. The van der Waals surface area contributed by atoms with Gasteiger partial charge in [-0.25, -0.2) is 0 Å². The molecule has 0 unspecified atom stereocenters. The van der Waals surface area contributed by atoms with E-state index in [1.165, 1.54) is 0 Å². The van der Waals surface area contributed by atoms with Crippen LogP contribution in [0.15, 0.2) is 30.3 Å². The second-order valence-corrected chi connectivity index (χ2v) is 5.50. The van der Waals surface area contributed by atoms with Crippen LogP contribution in [0.2, 0.25) is 5.02 Å². The molecule has 0 amide bonds. The van der Waals surface area contributed by atoms with E-state index in [0.29, 0.717) is 29.6 Å². The van der Waals surface area contributed by atoms with Gasteiger partial charge in [-0.05, 0) is 29.3 Å². The molecule has 0 saturated carbocycles. The van der Waals surface area contributed by atoms with Gasteiger partial charge >= 0.3 is 0 Å². The van der Waals surface area contributed by atoms with Crippen molar-refractivity contribution in [3.8, 4) is 23.0 Å². The summed E-state index contributed by atoms with van der Waals surface area (Å²) in [5.41, 5.74) is 2.07. The van der Waals surface area contributed by atoms with Crippen LogP contribution in [-0.2, 0) is 13.1 Å². The zero-order valence-electron chi connectivity index (χ0n) is 13.0. The fourth-order valence-electron chi connectivity index (χ4n) is 2.42. The Bertz CT molecular complexity index is 705. The summed E-state index contributed by atoms with van der Waals surface area (Å²) in [6.07, 6.45) is 0. The zero-order chi connectivity index (χ0) is 16.2. The molecule has 5 nitrogen and oxygen atoms in total. The molecule has 0 atom stereocenters. The molecule has 0 radical (unpaired) electrons. The Morgan fingerprint density at radius 2 is 1.74 bits per heavy atom. The second kappa shape index (κ2) is 6.98. The maximum Gasteiger partial charge on any atom is 0.231 e. The predicted octanol–water partition coefficient (Wildman–Crippen LogP) is 3.38. The summed E-state index contributed by atoms with van der Waals surface area (Å²) in [4.78, 5) is 0. The summed E-state index contributed by atoms with van der Waals surface area (Å²) in [5, 5.41) is 4.00. The van der Waals surface area contributed by atoms with E-state index in [-0.39, 0.29) is 6.79 Å². The largest absolute Gasteiger partial charge is 0.493 e. The molecular weight excluding hydrogens is 318 g/mol. The molecule has 1 aliphatic heterocycles. The van der Waals surface area contributed by atoms with Gasteiger partial charge in [0.25, 0.3) is 0 Å². The van der Waals surface area contributed by atoms with Crippen molar-refractivity contribution in [2.45, 2.75) is 13.1 Å². The van der Waals surface area contributed by atoms with E-state index in [1.807, 2.05) is 24.3 Å². The maximum atomic E-state index is 6.28. The summed E-state index contributed by atoms with van der Waals surface area (Å²) in [6, 6.07) is 9.55. The van der Waals surface area contributed by atoms with Crippen LogP contribution in [-0.4, -0.2) is 21.0 Å². The summed E-state index contributed by atoms with van der Waals surface area (Å²) in [6.45, 7) is 1.60. The van der Waals surface area contributed by atoms with Gasteiger partial charge in [0.05, 0.1) is 14.2 Å². The third kappa shape index (κ3) is 3.46. The Hall–Kier alpha value is -2.11. The van der Waals surface area contributed by atoms with Crippen LogP contribution in [0.4, 0.5) is 0 Å². The molecule has 0 bridgehead atoms. The molecule has 1 N–H and O–H groups in total. The minimum absolute atomic E-state index is 0.285. The maximum absolute atomic E-state index is 6.28. The lowest BCUT2D eigenvalue weighted by Crippen LogP contribution is -2.13. The molecular formula is C17H18ClNO4. The Labute approximate surface area is 140 Å². The van der Waals surface area contributed by atoms with Crippen LogP contribution in [0.5, 0.6) is 23.0 Å². The first-order chi connectivity index (χ1) is 11.2. The number of rotatable bonds is 6. The Morgan fingerprint density at radius 3 is 2.52 bits per heavy atom. The molecule has 2 aromatic rings. The molecule has 0 spiro atoms. The van der Waals surface area contributed by atoms with Crippen molar-refractivity contribution >= 4 is 11.6 Å². The first-order valence-electron chi connectivity index (χ1n) is 7.21. The molecule has 23 heavy (non-hydrogen) atoms. The van der Waals surface area contributed by atoms with E-state index in [1.54, 1.807) is 20.3 Å². The van der Waals surface area contributed by atoms with E-state index in [9.17, 15) is 0 Å². The summed E-state index contributed by atoms with van der Waals surface area (Å²) in [7, 11) is 3.20. The van der Waals surface area contributed by atoms with Crippen LogP contribution in [0.3, 0.4) is 0 Å². The van der Waals surface area contributed by atoms with Crippen LogP contribution in [0.25, 0.3) is 0 Å². The quantitative estimate of drug-likeness (QED) is 0.877. The van der Waals surface area contributed by atoms with Crippen molar-refractivity contribution < 1.29 is 18.9 Å². The highest BCUT2D eigenvalue weighted by molar-refractivity contribution is 6.31. The van der Waals surface area contributed by atoms with E-state index in [0.717, 1.165) is 22.6 Å². The van der Waals surface area contributed by atoms with Crippen molar-refractivity contribution in [2.24, 2.45) is 0 Å². The molecule has 0 aliphatic carbocycles. The van der Waals surface area contributed by atoms with Crippen molar-refractivity contribution in [3.63, 3.8) is 0 Å². The summed E-state index contributed by atoms with van der Waals surface area (Å²) in [5.74, 6) is 2.86. The molecule has 6 heteroatoms. The van der Waals surface area contributed by atoms with Crippen molar-refractivity contribution in [1.29, 1.82) is 0 Å². The van der Waals surface area contributed by atoms with Gasteiger partial charge in [0.2, 0.25) is 6.79 Å². The van der Waals surface area contributed by atoms with Crippen LogP contribution in [0.1, 0.15) is 11.1 Å². The Balaban J connectivity index is 1.64. The van der Waals surface area contributed by atoms with Crippen LogP contribution >= 0.6 is 11.6 Å². The highest BCUT2D eigenvalue weighted by Crippen LogP contribution is 2.34. The second-order valence-electron chi connectivity index (χ2n) is 5.09. The lowest BCUT2D eigenvalue weighted by molar-refractivity contribution is 0.174. The average Bonchev–Trinajstić information content (AvgIpc) is 3.03. The van der Waals surface area contributed by atoms with Gasteiger partial charge in [-0.15, -0.1) is 0 Å². The predicted molar refractivity (Wildman–Crippen MR) is 87.7 cm³/mol. The first kappa shape index (κ1) is 15.8. The number of methoxy groups -OCH3 is 2. The van der Waals surface area contributed by atoms with E-state index < -0.39 is 0 Å². The van der Waals surface area contributed by atoms with Gasteiger partial charge < -0.3 is 24.3 Å². The standard InChI is InChI=1S/C17H18ClNO4/c1-20-15-6-12(13(18)7-16(15)21-2)9-19-8-11-3-4-14-17(5-11)23-10-22-14/h3-7,19H,8-10H2,1-2H3.